The van der Waals surface area contributed by atoms with Crippen molar-refractivity contribution in [1.29, 1.82) is 0 Å². The fourth-order valence-corrected chi connectivity index (χ4v) is 2.96. The minimum atomic E-state index is -0.371. The number of nitrogens with zero attached hydrogens (tertiary/aromatic N) is 1. The molecule has 2 N–H and O–H groups in total. The highest BCUT2D eigenvalue weighted by atomic mass is 35.5. The first-order chi connectivity index (χ1) is 10.0. The van der Waals surface area contributed by atoms with Crippen LogP contribution in [0.25, 0.3) is 0 Å². The largest absolute Gasteiger partial charge is 0.492 e. The van der Waals surface area contributed by atoms with Crippen molar-refractivity contribution in [3.8, 4) is 5.75 Å². The molecule has 1 aliphatic carbocycles. The molecule has 2 rings (SSSR count). The first-order valence-corrected chi connectivity index (χ1v) is 7.72. The van der Waals surface area contributed by atoms with Gasteiger partial charge in [0.25, 0.3) is 0 Å². The van der Waals surface area contributed by atoms with E-state index < -0.39 is 0 Å². The SMILES string of the molecule is CN(CCOc1ccccc1)C(=O)C1CCCCC1(C)N.Cl. The van der Waals surface area contributed by atoms with Gasteiger partial charge in [0.15, 0.2) is 0 Å². The molecule has 2 unspecified atom stereocenters. The number of halogens is 1. The Bertz CT molecular complexity index is 465. The first-order valence-electron chi connectivity index (χ1n) is 7.72. The van der Waals surface area contributed by atoms with Crippen molar-refractivity contribution in [3.05, 3.63) is 30.3 Å². The zero-order valence-corrected chi connectivity index (χ0v) is 14.3. The molecule has 2 atom stereocenters. The minimum Gasteiger partial charge on any atom is -0.492 e. The van der Waals surface area contributed by atoms with Crippen LogP contribution in [0.1, 0.15) is 32.6 Å². The van der Waals surface area contributed by atoms with Crippen molar-refractivity contribution < 1.29 is 9.53 Å². The van der Waals surface area contributed by atoms with Crippen molar-refractivity contribution in [3.63, 3.8) is 0 Å². The molecular weight excluding hydrogens is 300 g/mol. The number of para-hydroxylation sites is 1. The van der Waals surface area contributed by atoms with E-state index in [1.807, 2.05) is 44.3 Å². The number of ether oxygens (including phenoxy) is 1. The zero-order valence-electron chi connectivity index (χ0n) is 13.5. The third kappa shape index (κ3) is 4.89. The van der Waals surface area contributed by atoms with Crippen LogP contribution in [0.2, 0.25) is 0 Å². The van der Waals surface area contributed by atoms with E-state index >= 15 is 0 Å². The van der Waals surface area contributed by atoms with Gasteiger partial charge in [-0.3, -0.25) is 4.79 Å². The number of hydrogen-bond acceptors (Lipinski definition) is 3. The Labute approximate surface area is 139 Å². The van der Waals surface area contributed by atoms with Crippen molar-refractivity contribution in [1.82, 2.24) is 4.90 Å². The average Bonchev–Trinajstić information content (AvgIpc) is 2.47. The molecule has 0 spiro atoms. The maximum absolute atomic E-state index is 12.5. The molecule has 0 aromatic heterocycles. The Hall–Kier alpha value is -1.26. The van der Waals surface area contributed by atoms with Crippen molar-refractivity contribution in [2.24, 2.45) is 11.7 Å². The van der Waals surface area contributed by atoms with E-state index in [2.05, 4.69) is 0 Å². The van der Waals surface area contributed by atoms with Crippen LogP contribution >= 0.6 is 12.4 Å². The lowest BCUT2D eigenvalue weighted by Crippen LogP contribution is -2.53. The van der Waals surface area contributed by atoms with Gasteiger partial charge in [-0.05, 0) is 31.9 Å². The molecule has 0 aliphatic heterocycles. The maximum atomic E-state index is 12.5. The summed E-state index contributed by atoms with van der Waals surface area (Å²) < 4.78 is 5.64. The standard InChI is InChI=1S/C17H26N2O2.ClH/c1-17(18)11-7-6-10-15(17)16(20)19(2)12-13-21-14-8-4-3-5-9-14;/h3-5,8-9,15H,6-7,10-13,18H2,1-2H3;1H. The number of amides is 1. The van der Waals surface area contributed by atoms with E-state index in [0.29, 0.717) is 13.2 Å². The van der Waals surface area contributed by atoms with Crippen LogP contribution in [-0.2, 0) is 4.79 Å². The van der Waals surface area contributed by atoms with Gasteiger partial charge in [-0.15, -0.1) is 12.4 Å². The zero-order chi connectivity index (χ0) is 15.3. The molecule has 0 radical (unpaired) electrons. The summed E-state index contributed by atoms with van der Waals surface area (Å²) in [5.41, 5.74) is 5.93. The second kappa shape index (κ2) is 8.39. The Balaban J connectivity index is 0.00000242. The second-order valence-corrected chi connectivity index (χ2v) is 6.23. The van der Waals surface area contributed by atoms with E-state index in [4.69, 9.17) is 10.5 Å². The molecule has 1 fully saturated rings. The predicted molar refractivity (Wildman–Crippen MR) is 91.4 cm³/mol. The molecule has 1 aromatic carbocycles. The highest BCUT2D eigenvalue weighted by molar-refractivity contribution is 5.85. The Morgan fingerprint density at radius 2 is 2.05 bits per heavy atom. The molecule has 22 heavy (non-hydrogen) atoms. The fourth-order valence-electron chi connectivity index (χ4n) is 2.96. The van der Waals surface area contributed by atoms with E-state index in [0.717, 1.165) is 31.4 Å². The van der Waals surface area contributed by atoms with Gasteiger partial charge in [0.1, 0.15) is 12.4 Å². The summed E-state index contributed by atoms with van der Waals surface area (Å²) in [4.78, 5) is 14.3. The second-order valence-electron chi connectivity index (χ2n) is 6.23. The molecule has 0 bridgehead atoms. The highest BCUT2D eigenvalue weighted by Gasteiger charge is 2.38. The van der Waals surface area contributed by atoms with Crippen LogP contribution in [0.3, 0.4) is 0 Å². The van der Waals surface area contributed by atoms with Crippen molar-refractivity contribution in [2.45, 2.75) is 38.1 Å². The van der Waals surface area contributed by atoms with Gasteiger partial charge in [-0.2, -0.15) is 0 Å². The third-order valence-corrected chi connectivity index (χ3v) is 4.37. The molecule has 124 valence electrons. The van der Waals surface area contributed by atoms with E-state index in [-0.39, 0.29) is 29.8 Å². The Morgan fingerprint density at radius 1 is 1.36 bits per heavy atom. The molecule has 0 heterocycles. The summed E-state index contributed by atoms with van der Waals surface area (Å²) in [5, 5.41) is 0. The molecule has 4 nitrogen and oxygen atoms in total. The lowest BCUT2D eigenvalue weighted by molar-refractivity contribution is -0.137. The van der Waals surface area contributed by atoms with E-state index in [9.17, 15) is 4.79 Å². The first kappa shape index (κ1) is 18.8. The lowest BCUT2D eigenvalue weighted by atomic mass is 9.74. The molecule has 1 aromatic rings. The maximum Gasteiger partial charge on any atom is 0.227 e. The summed E-state index contributed by atoms with van der Waals surface area (Å²) in [6.45, 7) is 3.09. The highest BCUT2D eigenvalue weighted by Crippen LogP contribution is 2.32. The van der Waals surface area contributed by atoms with Gasteiger partial charge in [0.05, 0.1) is 12.5 Å². The van der Waals surface area contributed by atoms with Crippen LogP contribution in [0, 0.1) is 5.92 Å². The molecule has 1 amide bonds. The van der Waals surface area contributed by atoms with E-state index in [1.165, 1.54) is 0 Å². The van der Waals surface area contributed by atoms with Gasteiger partial charge in [-0.1, -0.05) is 31.0 Å². The van der Waals surface area contributed by atoms with Gasteiger partial charge in [0, 0.05) is 12.6 Å². The van der Waals surface area contributed by atoms with Gasteiger partial charge >= 0.3 is 0 Å². The molecule has 1 aliphatic rings. The number of rotatable bonds is 5. The smallest absolute Gasteiger partial charge is 0.227 e. The number of carbonyl (C=O) groups is 1. The monoisotopic (exact) mass is 326 g/mol. The van der Waals surface area contributed by atoms with Crippen LogP contribution in [0.15, 0.2) is 30.3 Å². The normalized spacial score (nSPS) is 24.2. The molecular formula is C17H27ClN2O2. The fraction of sp³-hybridized carbons (Fsp3) is 0.588. The van der Waals surface area contributed by atoms with Crippen LogP contribution in [0.4, 0.5) is 0 Å². The topological polar surface area (TPSA) is 55.6 Å². The van der Waals surface area contributed by atoms with Crippen LogP contribution in [-0.4, -0.2) is 36.5 Å². The van der Waals surface area contributed by atoms with Crippen LogP contribution in [0.5, 0.6) is 5.75 Å². The van der Waals surface area contributed by atoms with Crippen molar-refractivity contribution in [2.75, 3.05) is 20.2 Å². The molecule has 5 heteroatoms. The summed E-state index contributed by atoms with van der Waals surface area (Å²) >= 11 is 0. The van der Waals surface area contributed by atoms with Gasteiger partial charge < -0.3 is 15.4 Å². The number of nitrogens with two attached hydrogens (primary N) is 1. The van der Waals surface area contributed by atoms with Gasteiger partial charge in [-0.25, -0.2) is 0 Å². The number of hydrogen-bond donors (Lipinski definition) is 1. The van der Waals surface area contributed by atoms with Crippen LogP contribution < -0.4 is 10.5 Å². The minimum absolute atomic E-state index is 0. The Morgan fingerprint density at radius 3 is 2.68 bits per heavy atom. The van der Waals surface area contributed by atoms with Gasteiger partial charge in [0.2, 0.25) is 5.91 Å². The summed E-state index contributed by atoms with van der Waals surface area (Å²) in [7, 11) is 1.83. The van der Waals surface area contributed by atoms with Crippen molar-refractivity contribution >= 4 is 18.3 Å². The summed E-state index contributed by atoms with van der Waals surface area (Å²) in [5.74, 6) is 0.920. The van der Waals surface area contributed by atoms with E-state index in [1.54, 1.807) is 4.90 Å². The quantitative estimate of drug-likeness (QED) is 0.905. The average molecular weight is 327 g/mol. The lowest BCUT2D eigenvalue weighted by Gasteiger charge is -2.39. The number of carbonyl (C=O) groups excluding carboxylic acids is 1. The Kier molecular flexibility index (Phi) is 7.17. The summed E-state index contributed by atoms with van der Waals surface area (Å²) in [6, 6.07) is 9.66. The number of benzene rings is 1. The molecule has 1 saturated carbocycles. The molecule has 0 saturated heterocycles. The number of likely N-dealkylation sites (N-methyl/N-ethyl adjacent to an activating group) is 1. The summed E-state index contributed by atoms with van der Waals surface area (Å²) in [6.07, 6.45) is 4.04. The third-order valence-electron chi connectivity index (χ3n) is 4.37. The predicted octanol–water partition coefficient (Wildman–Crippen LogP) is 2.85.